The molecule has 0 radical (unpaired) electrons. The van der Waals surface area contributed by atoms with Crippen molar-refractivity contribution >= 4 is 11.6 Å². The summed E-state index contributed by atoms with van der Waals surface area (Å²) in [6.45, 7) is 11.6. The van der Waals surface area contributed by atoms with Gasteiger partial charge in [-0.3, -0.25) is 9.59 Å². The van der Waals surface area contributed by atoms with E-state index in [0.717, 1.165) is 13.2 Å². The lowest BCUT2D eigenvalue weighted by molar-refractivity contribution is -0.130. The highest BCUT2D eigenvalue weighted by Gasteiger charge is 2.29. The minimum absolute atomic E-state index is 0.00959. The molecule has 0 amide bonds. The van der Waals surface area contributed by atoms with Crippen LogP contribution in [0, 0.1) is 10.8 Å². The maximum atomic E-state index is 12.2. The molecule has 2 saturated heterocycles. The molecule has 2 unspecified atom stereocenters. The Morgan fingerprint density at radius 3 is 1.52 bits per heavy atom. The number of carbonyl (C=O) groups is 2. The van der Waals surface area contributed by atoms with Gasteiger partial charge in [0.15, 0.2) is 0 Å². The fourth-order valence-corrected chi connectivity index (χ4v) is 2.78. The molecule has 2 atom stereocenters. The normalized spacial score (nSPS) is 22.7. The Bertz CT molecular complexity index is 421. The van der Waals surface area contributed by atoms with Gasteiger partial charge in [-0.05, 0) is 10.8 Å². The minimum atomic E-state index is -0.269. The van der Waals surface area contributed by atoms with Gasteiger partial charge in [0, 0.05) is 12.8 Å². The van der Waals surface area contributed by atoms with E-state index in [1.807, 2.05) is 27.7 Å². The van der Waals surface area contributed by atoms with Crippen molar-refractivity contribution in [3.05, 3.63) is 0 Å². The van der Waals surface area contributed by atoms with E-state index in [4.69, 9.17) is 18.9 Å². The largest absolute Gasteiger partial charge is 0.378 e. The van der Waals surface area contributed by atoms with E-state index in [1.165, 1.54) is 0 Å². The van der Waals surface area contributed by atoms with Gasteiger partial charge in [-0.2, -0.15) is 0 Å². The van der Waals surface area contributed by atoms with Crippen LogP contribution in [-0.4, -0.2) is 63.4 Å². The van der Waals surface area contributed by atoms with Crippen molar-refractivity contribution in [1.82, 2.24) is 0 Å². The third-order valence-electron chi connectivity index (χ3n) is 4.14. The third kappa shape index (κ3) is 9.45. The molecule has 0 aromatic carbocycles. The lowest BCUT2D eigenvalue weighted by Gasteiger charge is -2.25. The molecule has 0 N–H and O–H groups in total. The first-order valence-corrected chi connectivity index (χ1v) is 9.07. The monoisotopic (exact) mass is 356 g/mol. The predicted octanol–water partition coefficient (Wildman–Crippen LogP) is 2.18. The molecule has 0 bridgehead atoms. The number of carbonyl (C=O) groups excluding carboxylic acids is 2. The number of Topliss-reactive ketones (excluding diaryl/α,β-unsaturated/α-hetero) is 2. The molecule has 2 aliphatic heterocycles. The second-order valence-electron chi connectivity index (χ2n) is 8.88. The smallest absolute Gasteiger partial charge is 0.140 e. The Hall–Kier alpha value is -0.820. The predicted molar refractivity (Wildman–Crippen MR) is 92.5 cm³/mol. The molecule has 0 aromatic rings. The summed E-state index contributed by atoms with van der Waals surface area (Å²) < 4.78 is 21.4. The first-order valence-electron chi connectivity index (χ1n) is 9.07. The Balaban J connectivity index is 1.62. The van der Waals surface area contributed by atoms with Gasteiger partial charge in [0.05, 0.1) is 46.1 Å². The van der Waals surface area contributed by atoms with E-state index in [0.29, 0.717) is 39.3 Å². The zero-order chi connectivity index (χ0) is 18.5. The van der Waals surface area contributed by atoms with Crippen LogP contribution in [0.4, 0.5) is 0 Å². The second kappa shape index (κ2) is 8.71. The highest BCUT2D eigenvalue weighted by atomic mass is 16.6. The van der Waals surface area contributed by atoms with Gasteiger partial charge in [-0.1, -0.05) is 27.7 Å². The number of epoxide rings is 2. The molecule has 2 rings (SSSR count). The van der Waals surface area contributed by atoms with Gasteiger partial charge >= 0.3 is 0 Å². The summed E-state index contributed by atoms with van der Waals surface area (Å²) in [5.74, 6) is -0.0475. The van der Waals surface area contributed by atoms with E-state index in [9.17, 15) is 9.59 Å². The minimum Gasteiger partial charge on any atom is -0.378 e. The summed E-state index contributed by atoms with van der Waals surface area (Å²) in [6.07, 6.45) is 1.14. The molecule has 0 saturated carbocycles. The maximum Gasteiger partial charge on any atom is 0.140 e. The van der Waals surface area contributed by atoms with Crippen LogP contribution in [0.3, 0.4) is 0 Å². The van der Waals surface area contributed by atoms with Crippen LogP contribution in [0.1, 0.15) is 47.0 Å². The van der Waals surface area contributed by atoms with Gasteiger partial charge in [-0.15, -0.1) is 0 Å². The molecule has 25 heavy (non-hydrogen) atoms. The molecule has 0 aliphatic carbocycles. The van der Waals surface area contributed by atoms with Crippen LogP contribution < -0.4 is 0 Å². The fourth-order valence-electron chi connectivity index (χ4n) is 2.78. The second-order valence-corrected chi connectivity index (χ2v) is 8.88. The van der Waals surface area contributed by atoms with Crippen LogP contribution in [0.2, 0.25) is 0 Å². The van der Waals surface area contributed by atoms with Crippen molar-refractivity contribution in [1.29, 1.82) is 0 Å². The molecule has 0 aromatic heterocycles. The Labute approximate surface area is 150 Å². The van der Waals surface area contributed by atoms with Gasteiger partial charge < -0.3 is 18.9 Å². The van der Waals surface area contributed by atoms with Crippen molar-refractivity contribution in [3.8, 4) is 0 Å². The maximum absolute atomic E-state index is 12.2. The fraction of sp³-hybridized carbons (Fsp3) is 0.895. The molecule has 0 spiro atoms. The Kier molecular flexibility index (Phi) is 7.14. The van der Waals surface area contributed by atoms with Crippen molar-refractivity contribution < 1.29 is 28.5 Å². The van der Waals surface area contributed by atoms with Crippen LogP contribution in [-0.2, 0) is 28.5 Å². The zero-order valence-electron chi connectivity index (χ0n) is 16.0. The summed E-state index contributed by atoms with van der Waals surface area (Å²) in [7, 11) is 0. The average molecular weight is 356 g/mol. The summed E-state index contributed by atoms with van der Waals surface area (Å²) in [4.78, 5) is 24.5. The summed E-state index contributed by atoms with van der Waals surface area (Å²) >= 11 is 0. The van der Waals surface area contributed by atoms with Crippen molar-refractivity contribution in [2.45, 2.75) is 59.2 Å². The standard InChI is InChI=1S/C19H32O6/c1-18(2,12-22-8-16-10-24-16)6-14(20)5-15(21)7-19(3,4)13-23-9-17-11-25-17/h16-17H,5-13H2,1-4H3. The molecular formula is C19H32O6. The molecule has 144 valence electrons. The van der Waals surface area contributed by atoms with Crippen LogP contribution in [0.5, 0.6) is 0 Å². The average Bonchev–Trinajstić information content (AvgIpc) is 3.30. The highest BCUT2D eigenvalue weighted by molar-refractivity contribution is 5.99. The van der Waals surface area contributed by atoms with Gasteiger partial charge in [-0.25, -0.2) is 0 Å². The number of hydrogen-bond acceptors (Lipinski definition) is 6. The van der Waals surface area contributed by atoms with Gasteiger partial charge in [0.25, 0.3) is 0 Å². The number of ketones is 2. The van der Waals surface area contributed by atoms with Crippen molar-refractivity contribution in [3.63, 3.8) is 0 Å². The van der Waals surface area contributed by atoms with Crippen LogP contribution in [0.25, 0.3) is 0 Å². The zero-order valence-corrected chi connectivity index (χ0v) is 16.0. The van der Waals surface area contributed by atoms with Crippen LogP contribution >= 0.6 is 0 Å². The number of ether oxygens (including phenoxy) is 4. The summed E-state index contributed by atoms with van der Waals surface area (Å²) in [5, 5.41) is 0. The van der Waals surface area contributed by atoms with E-state index in [2.05, 4.69) is 0 Å². The molecule has 2 heterocycles. The Morgan fingerprint density at radius 1 is 0.840 bits per heavy atom. The Morgan fingerprint density at radius 2 is 1.20 bits per heavy atom. The van der Waals surface area contributed by atoms with E-state index < -0.39 is 0 Å². The first-order chi connectivity index (χ1) is 11.7. The van der Waals surface area contributed by atoms with Gasteiger partial charge in [0.1, 0.15) is 23.8 Å². The summed E-state index contributed by atoms with van der Waals surface area (Å²) in [5.41, 5.74) is -0.537. The third-order valence-corrected chi connectivity index (χ3v) is 4.14. The van der Waals surface area contributed by atoms with E-state index in [-0.39, 0.29) is 41.0 Å². The van der Waals surface area contributed by atoms with Crippen molar-refractivity contribution in [2.24, 2.45) is 10.8 Å². The van der Waals surface area contributed by atoms with E-state index >= 15 is 0 Å². The topological polar surface area (TPSA) is 77.7 Å². The molecule has 2 fully saturated rings. The lowest BCUT2D eigenvalue weighted by atomic mass is 9.84. The molecule has 6 heteroatoms. The summed E-state index contributed by atoms with van der Waals surface area (Å²) in [6, 6.07) is 0. The number of hydrogen-bond donors (Lipinski definition) is 0. The molecular weight excluding hydrogens is 324 g/mol. The van der Waals surface area contributed by atoms with Gasteiger partial charge in [0.2, 0.25) is 0 Å². The molecule has 2 aliphatic rings. The highest BCUT2D eigenvalue weighted by Crippen LogP contribution is 2.26. The SMILES string of the molecule is CC(C)(COCC1CO1)CC(=O)CC(=O)CC(C)(C)COCC1CO1. The number of rotatable bonds is 14. The van der Waals surface area contributed by atoms with E-state index in [1.54, 1.807) is 0 Å². The van der Waals surface area contributed by atoms with Crippen LogP contribution in [0.15, 0.2) is 0 Å². The quantitative estimate of drug-likeness (QED) is 0.351. The molecule has 6 nitrogen and oxygen atoms in total. The van der Waals surface area contributed by atoms with Crippen molar-refractivity contribution in [2.75, 3.05) is 39.6 Å². The first kappa shape index (κ1) is 20.5. The lowest BCUT2D eigenvalue weighted by Crippen LogP contribution is -2.28.